The van der Waals surface area contributed by atoms with Gasteiger partial charge in [0, 0.05) is 21.9 Å². The predicted octanol–water partition coefficient (Wildman–Crippen LogP) is 10.5. The maximum absolute atomic E-state index is 2.54. The van der Waals surface area contributed by atoms with Crippen molar-refractivity contribution in [2.75, 3.05) is 9.80 Å². The Morgan fingerprint density at radius 2 is 0.756 bits per heavy atom. The van der Waals surface area contributed by atoms with E-state index in [0.29, 0.717) is 0 Å². The second-order valence-electron chi connectivity index (χ2n) is 13.5. The summed E-state index contributed by atoms with van der Waals surface area (Å²) in [6, 6.07) is 40.9. The molecule has 0 bridgehead atoms. The molecule has 0 atom stereocenters. The summed E-state index contributed by atoms with van der Waals surface area (Å²) in [5.74, 6) is 0. The van der Waals surface area contributed by atoms with Gasteiger partial charge in [-0.25, -0.2) is 0 Å². The topological polar surface area (TPSA) is 6.48 Å². The normalized spacial score (nSPS) is 18.0. The van der Waals surface area contributed by atoms with Crippen LogP contribution in [0.1, 0.15) is 74.9 Å². The third kappa shape index (κ3) is 3.03. The van der Waals surface area contributed by atoms with Crippen molar-refractivity contribution in [3.05, 3.63) is 143 Å². The molecule has 3 aliphatic heterocycles. The number of hydrogen-bond donors (Lipinski definition) is 0. The first-order valence-electron chi connectivity index (χ1n) is 14.8. The van der Waals surface area contributed by atoms with Crippen LogP contribution in [0.25, 0.3) is 0 Å². The molecule has 3 aliphatic rings. The summed E-state index contributed by atoms with van der Waals surface area (Å²) < 4.78 is 0. The molecule has 0 spiro atoms. The van der Waals surface area contributed by atoms with E-state index in [1.54, 1.807) is 0 Å². The minimum Gasteiger partial charge on any atom is -0.310 e. The molecule has 0 fully saturated rings. The Hall–Kier alpha value is -4.30. The van der Waals surface area contributed by atoms with E-state index in [-0.39, 0.29) is 16.2 Å². The second kappa shape index (κ2) is 7.91. The molecule has 0 radical (unpaired) electrons. The van der Waals surface area contributed by atoms with Crippen molar-refractivity contribution in [3.63, 3.8) is 0 Å². The molecule has 0 saturated carbocycles. The molecule has 0 aliphatic carbocycles. The molecule has 0 unspecified atom stereocenters. The summed E-state index contributed by atoms with van der Waals surface area (Å²) in [6.07, 6.45) is 0. The lowest BCUT2D eigenvalue weighted by atomic mass is 9.66. The quantitative estimate of drug-likeness (QED) is 0.212. The first-order chi connectivity index (χ1) is 19.6. The fourth-order valence-corrected chi connectivity index (χ4v) is 7.96. The molecular weight excluding hydrogens is 496 g/mol. The summed E-state index contributed by atoms with van der Waals surface area (Å²) in [5.41, 5.74) is 15.6. The van der Waals surface area contributed by atoms with Crippen molar-refractivity contribution in [2.24, 2.45) is 0 Å². The SMILES string of the molecule is CC1(C)c2ccccc2N(c2ccc3c(c2)C(C)(C)c2cccc4c2N3c2ccccc2C4(C)C)c2ccccc21. The third-order valence-corrected chi connectivity index (χ3v) is 10.2. The molecular formula is C39H36N2. The standard InChI is InChI=1S/C39H36N2/c1-37(2)26-14-7-10-19-32(26)40(33-20-11-8-15-27(33)37)25-22-23-35-31(24-25)39(5,6)30-18-13-17-29-36(30)41(35)34-21-12-9-16-28(34)38(29,3)4/h7-24H,1-6H3. The van der Waals surface area contributed by atoms with Crippen molar-refractivity contribution < 1.29 is 0 Å². The summed E-state index contributed by atoms with van der Waals surface area (Å²) in [6.45, 7) is 14.2. The molecule has 3 heterocycles. The Balaban J connectivity index is 1.40. The summed E-state index contributed by atoms with van der Waals surface area (Å²) in [7, 11) is 0. The van der Waals surface area contributed by atoms with Crippen molar-refractivity contribution in [3.8, 4) is 0 Å². The lowest BCUT2D eigenvalue weighted by Gasteiger charge is -2.49. The molecule has 202 valence electrons. The minimum atomic E-state index is -0.163. The lowest BCUT2D eigenvalue weighted by molar-refractivity contribution is 0.597. The van der Waals surface area contributed by atoms with E-state index in [1.165, 1.54) is 67.5 Å². The second-order valence-corrected chi connectivity index (χ2v) is 13.5. The molecule has 5 aromatic carbocycles. The molecule has 2 nitrogen and oxygen atoms in total. The number of nitrogens with zero attached hydrogens (tertiary/aromatic N) is 2. The Labute approximate surface area is 243 Å². The van der Waals surface area contributed by atoms with Crippen molar-refractivity contribution in [2.45, 2.75) is 57.8 Å². The zero-order valence-corrected chi connectivity index (χ0v) is 24.8. The first-order valence-corrected chi connectivity index (χ1v) is 14.8. The smallest absolute Gasteiger partial charge is 0.0543 e. The maximum atomic E-state index is 2.54. The van der Waals surface area contributed by atoms with Gasteiger partial charge in [-0.15, -0.1) is 0 Å². The summed E-state index contributed by atoms with van der Waals surface area (Å²) in [5, 5.41) is 0. The molecule has 8 rings (SSSR count). The van der Waals surface area contributed by atoms with Crippen molar-refractivity contribution in [1.82, 2.24) is 0 Å². The van der Waals surface area contributed by atoms with E-state index in [4.69, 9.17) is 0 Å². The monoisotopic (exact) mass is 532 g/mol. The van der Waals surface area contributed by atoms with Crippen LogP contribution < -0.4 is 9.80 Å². The fraction of sp³-hybridized carbons (Fsp3) is 0.231. The Bertz CT molecular complexity index is 1840. The van der Waals surface area contributed by atoms with Crippen LogP contribution in [0.2, 0.25) is 0 Å². The van der Waals surface area contributed by atoms with Crippen molar-refractivity contribution in [1.29, 1.82) is 0 Å². The van der Waals surface area contributed by atoms with Gasteiger partial charge in [-0.3, -0.25) is 0 Å². The van der Waals surface area contributed by atoms with E-state index >= 15 is 0 Å². The highest BCUT2D eigenvalue weighted by atomic mass is 15.2. The Morgan fingerprint density at radius 1 is 0.366 bits per heavy atom. The number of fused-ring (bicyclic) bond motifs is 6. The van der Waals surface area contributed by atoms with Crippen LogP contribution in [0.15, 0.2) is 109 Å². The Kier molecular flexibility index (Phi) is 4.73. The van der Waals surface area contributed by atoms with Gasteiger partial charge in [-0.1, -0.05) is 114 Å². The van der Waals surface area contributed by atoms with Crippen LogP contribution in [0.4, 0.5) is 34.1 Å². The number of para-hydroxylation sites is 4. The molecule has 5 aromatic rings. The van der Waals surface area contributed by atoms with E-state index in [9.17, 15) is 0 Å². The number of anilines is 6. The molecule has 41 heavy (non-hydrogen) atoms. The van der Waals surface area contributed by atoms with E-state index in [2.05, 4.69) is 161 Å². The van der Waals surface area contributed by atoms with Crippen LogP contribution >= 0.6 is 0 Å². The van der Waals surface area contributed by atoms with E-state index in [0.717, 1.165) is 0 Å². The van der Waals surface area contributed by atoms with Gasteiger partial charge >= 0.3 is 0 Å². The van der Waals surface area contributed by atoms with E-state index < -0.39 is 0 Å². The number of rotatable bonds is 1. The molecule has 0 saturated heterocycles. The molecule has 2 heteroatoms. The average molecular weight is 533 g/mol. The van der Waals surface area contributed by atoms with Gasteiger partial charge in [-0.2, -0.15) is 0 Å². The van der Waals surface area contributed by atoms with E-state index in [1.807, 2.05) is 0 Å². The van der Waals surface area contributed by atoms with Gasteiger partial charge in [0.1, 0.15) is 0 Å². The summed E-state index contributed by atoms with van der Waals surface area (Å²) >= 11 is 0. The Morgan fingerprint density at radius 3 is 1.29 bits per heavy atom. The summed E-state index contributed by atoms with van der Waals surface area (Å²) in [4.78, 5) is 5.02. The molecule has 0 aromatic heterocycles. The van der Waals surface area contributed by atoms with Gasteiger partial charge in [0.25, 0.3) is 0 Å². The molecule has 0 N–H and O–H groups in total. The highest BCUT2D eigenvalue weighted by molar-refractivity contribution is 5.94. The highest BCUT2D eigenvalue weighted by Crippen LogP contribution is 2.61. The fourth-order valence-electron chi connectivity index (χ4n) is 7.96. The number of benzene rings is 5. The first kappa shape index (κ1) is 24.5. The highest BCUT2D eigenvalue weighted by Gasteiger charge is 2.45. The van der Waals surface area contributed by atoms with Crippen LogP contribution in [0, 0.1) is 0 Å². The predicted molar refractivity (Wildman–Crippen MR) is 172 cm³/mol. The minimum absolute atomic E-state index is 0.0695. The van der Waals surface area contributed by atoms with Crippen LogP contribution in [0.3, 0.4) is 0 Å². The zero-order chi connectivity index (χ0) is 28.3. The third-order valence-electron chi connectivity index (χ3n) is 10.2. The van der Waals surface area contributed by atoms with Gasteiger partial charge < -0.3 is 9.80 Å². The zero-order valence-electron chi connectivity index (χ0n) is 24.8. The average Bonchev–Trinajstić information content (AvgIpc) is 2.97. The lowest BCUT2D eigenvalue weighted by Crippen LogP contribution is -2.38. The van der Waals surface area contributed by atoms with Crippen LogP contribution in [0.5, 0.6) is 0 Å². The number of hydrogen-bond acceptors (Lipinski definition) is 2. The van der Waals surface area contributed by atoms with Gasteiger partial charge in [0.2, 0.25) is 0 Å². The van der Waals surface area contributed by atoms with Gasteiger partial charge in [0.05, 0.1) is 28.4 Å². The van der Waals surface area contributed by atoms with Gasteiger partial charge in [-0.05, 0) is 69.8 Å². The van der Waals surface area contributed by atoms with Gasteiger partial charge in [0.15, 0.2) is 0 Å². The largest absolute Gasteiger partial charge is 0.310 e. The maximum Gasteiger partial charge on any atom is 0.0543 e. The molecule has 0 amide bonds. The van der Waals surface area contributed by atoms with Crippen LogP contribution in [-0.4, -0.2) is 0 Å². The van der Waals surface area contributed by atoms with Crippen LogP contribution in [-0.2, 0) is 16.2 Å². The van der Waals surface area contributed by atoms with Crippen molar-refractivity contribution >= 4 is 34.1 Å².